The molecule has 1 aromatic rings. The van der Waals surface area contributed by atoms with Crippen molar-refractivity contribution in [3.63, 3.8) is 0 Å². The minimum Gasteiger partial charge on any atom is -0.454 e. The van der Waals surface area contributed by atoms with Gasteiger partial charge in [0.25, 0.3) is 0 Å². The standard InChI is InChI=1S/C19H24O4/c1-21-15-8-6-13-4-2-3-5-18(20)19(13,11-15)14-7-9-16-17(10-14)23-12-22-16/h7,9-10,13,15H,2-6,8,11-12H2,1H3/t13-,15+,19+/m0/s1. The van der Waals surface area contributed by atoms with Gasteiger partial charge in [0.15, 0.2) is 11.5 Å². The summed E-state index contributed by atoms with van der Waals surface area (Å²) in [6, 6.07) is 6.07. The normalized spacial score (nSPS) is 33.2. The second kappa shape index (κ2) is 5.82. The Morgan fingerprint density at radius 3 is 2.87 bits per heavy atom. The van der Waals surface area contributed by atoms with Crippen molar-refractivity contribution < 1.29 is 19.0 Å². The molecule has 124 valence electrons. The molecule has 3 atom stereocenters. The van der Waals surface area contributed by atoms with Crippen molar-refractivity contribution in [1.29, 1.82) is 0 Å². The van der Waals surface area contributed by atoms with Crippen LogP contribution in [0.15, 0.2) is 18.2 Å². The van der Waals surface area contributed by atoms with Crippen molar-refractivity contribution in [3.05, 3.63) is 23.8 Å². The van der Waals surface area contributed by atoms with E-state index in [1.807, 2.05) is 12.1 Å². The average Bonchev–Trinajstić information content (AvgIpc) is 2.99. The fraction of sp³-hybridized carbons (Fsp3) is 0.632. The number of ketones is 1. The summed E-state index contributed by atoms with van der Waals surface area (Å²) in [6.45, 7) is 0.268. The molecule has 4 heteroatoms. The summed E-state index contributed by atoms with van der Waals surface area (Å²) in [4.78, 5) is 13.2. The molecular weight excluding hydrogens is 292 g/mol. The number of carbonyl (C=O) groups excluding carboxylic acids is 1. The van der Waals surface area contributed by atoms with Crippen LogP contribution in [0.25, 0.3) is 0 Å². The minimum absolute atomic E-state index is 0.165. The first-order valence-electron chi connectivity index (χ1n) is 8.70. The third-order valence-electron chi connectivity index (χ3n) is 6.01. The molecule has 0 N–H and O–H groups in total. The van der Waals surface area contributed by atoms with Gasteiger partial charge in [0.1, 0.15) is 5.78 Å². The van der Waals surface area contributed by atoms with Gasteiger partial charge in [-0.25, -0.2) is 0 Å². The Labute approximate surface area is 137 Å². The Bertz CT molecular complexity index is 611. The third kappa shape index (κ3) is 2.35. The van der Waals surface area contributed by atoms with Gasteiger partial charge >= 0.3 is 0 Å². The van der Waals surface area contributed by atoms with Gasteiger partial charge in [0.2, 0.25) is 6.79 Å². The number of ether oxygens (including phenoxy) is 3. The lowest BCUT2D eigenvalue weighted by atomic mass is 9.59. The maximum atomic E-state index is 13.2. The van der Waals surface area contributed by atoms with Crippen LogP contribution in [0.2, 0.25) is 0 Å². The van der Waals surface area contributed by atoms with Crippen molar-refractivity contribution in [2.24, 2.45) is 5.92 Å². The first-order chi connectivity index (χ1) is 11.2. The van der Waals surface area contributed by atoms with Crippen LogP contribution in [0.1, 0.15) is 50.5 Å². The number of benzene rings is 1. The van der Waals surface area contributed by atoms with Crippen LogP contribution >= 0.6 is 0 Å². The first kappa shape index (κ1) is 15.0. The van der Waals surface area contributed by atoms with Crippen molar-refractivity contribution in [3.8, 4) is 11.5 Å². The molecule has 0 aromatic heterocycles. The molecular formula is C19H24O4. The predicted molar refractivity (Wildman–Crippen MR) is 85.9 cm³/mol. The van der Waals surface area contributed by atoms with E-state index in [4.69, 9.17) is 14.2 Å². The van der Waals surface area contributed by atoms with Gasteiger partial charge in [-0.2, -0.15) is 0 Å². The van der Waals surface area contributed by atoms with E-state index in [1.165, 1.54) is 0 Å². The Morgan fingerprint density at radius 1 is 1.13 bits per heavy atom. The highest BCUT2D eigenvalue weighted by molar-refractivity contribution is 5.91. The van der Waals surface area contributed by atoms with Crippen molar-refractivity contribution in [2.75, 3.05) is 13.9 Å². The lowest BCUT2D eigenvalue weighted by Gasteiger charge is -2.45. The summed E-state index contributed by atoms with van der Waals surface area (Å²) in [5.41, 5.74) is 0.691. The molecule has 0 bridgehead atoms. The molecule has 23 heavy (non-hydrogen) atoms. The average molecular weight is 316 g/mol. The molecule has 2 aliphatic carbocycles. The number of fused-ring (bicyclic) bond motifs is 2. The lowest BCUT2D eigenvalue weighted by molar-refractivity contribution is -0.130. The zero-order valence-electron chi connectivity index (χ0n) is 13.7. The summed E-state index contributed by atoms with van der Waals surface area (Å²) >= 11 is 0. The Balaban J connectivity index is 1.81. The van der Waals surface area contributed by atoms with E-state index in [0.29, 0.717) is 18.1 Å². The predicted octanol–water partition coefficient (Wildman–Crippen LogP) is 3.61. The van der Waals surface area contributed by atoms with Crippen LogP contribution in [0.4, 0.5) is 0 Å². The Kier molecular flexibility index (Phi) is 3.80. The molecule has 4 rings (SSSR count). The van der Waals surface area contributed by atoms with Crippen LogP contribution in [-0.2, 0) is 14.9 Å². The highest BCUT2D eigenvalue weighted by atomic mass is 16.7. The van der Waals surface area contributed by atoms with Crippen LogP contribution in [0, 0.1) is 5.92 Å². The lowest BCUT2D eigenvalue weighted by Crippen LogP contribution is -2.48. The van der Waals surface area contributed by atoms with Crippen molar-refractivity contribution in [2.45, 2.75) is 56.5 Å². The molecule has 0 saturated heterocycles. The van der Waals surface area contributed by atoms with Crippen LogP contribution in [0.5, 0.6) is 11.5 Å². The number of Topliss-reactive ketones (excluding diaryl/α,β-unsaturated/α-hetero) is 1. The van der Waals surface area contributed by atoms with E-state index in [2.05, 4.69) is 6.07 Å². The summed E-state index contributed by atoms with van der Waals surface area (Å²) in [5.74, 6) is 2.36. The van der Waals surface area contributed by atoms with Gasteiger partial charge in [-0.3, -0.25) is 4.79 Å². The molecule has 0 radical (unpaired) electrons. The zero-order valence-corrected chi connectivity index (χ0v) is 13.7. The minimum atomic E-state index is -0.406. The number of methoxy groups -OCH3 is 1. The monoisotopic (exact) mass is 316 g/mol. The first-order valence-corrected chi connectivity index (χ1v) is 8.70. The van der Waals surface area contributed by atoms with E-state index in [9.17, 15) is 4.79 Å². The molecule has 2 fully saturated rings. The van der Waals surface area contributed by atoms with Gasteiger partial charge < -0.3 is 14.2 Å². The van der Waals surface area contributed by atoms with E-state index in [-0.39, 0.29) is 12.9 Å². The van der Waals surface area contributed by atoms with Crippen LogP contribution in [0.3, 0.4) is 0 Å². The summed E-state index contributed by atoms with van der Waals surface area (Å²) < 4.78 is 16.7. The molecule has 2 saturated carbocycles. The molecule has 1 heterocycles. The van der Waals surface area contributed by atoms with Crippen LogP contribution < -0.4 is 9.47 Å². The smallest absolute Gasteiger partial charge is 0.231 e. The van der Waals surface area contributed by atoms with Crippen LogP contribution in [-0.4, -0.2) is 25.8 Å². The summed E-state index contributed by atoms with van der Waals surface area (Å²) in [6.07, 6.45) is 7.07. The van der Waals surface area contributed by atoms with Crippen molar-refractivity contribution in [1.82, 2.24) is 0 Å². The number of hydrogen-bond acceptors (Lipinski definition) is 4. The molecule has 0 unspecified atom stereocenters. The molecule has 0 amide bonds. The quantitative estimate of drug-likeness (QED) is 0.836. The second-order valence-corrected chi connectivity index (χ2v) is 7.04. The third-order valence-corrected chi connectivity index (χ3v) is 6.01. The fourth-order valence-electron chi connectivity index (χ4n) is 4.78. The zero-order chi connectivity index (χ0) is 15.9. The maximum absolute atomic E-state index is 13.2. The Morgan fingerprint density at radius 2 is 2.00 bits per heavy atom. The van der Waals surface area contributed by atoms with E-state index in [0.717, 1.165) is 55.6 Å². The van der Waals surface area contributed by atoms with Gasteiger partial charge in [-0.15, -0.1) is 0 Å². The van der Waals surface area contributed by atoms with Gasteiger partial charge in [0, 0.05) is 13.5 Å². The highest BCUT2D eigenvalue weighted by Crippen LogP contribution is 2.51. The van der Waals surface area contributed by atoms with E-state index < -0.39 is 5.41 Å². The summed E-state index contributed by atoms with van der Waals surface area (Å²) in [5, 5.41) is 0. The number of carbonyl (C=O) groups is 1. The molecule has 0 spiro atoms. The SMILES string of the molecule is CO[C@@H]1CC[C@@H]2CCCCC(=O)[C@]2(c2ccc3c(c2)OCO3)C1. The molecule has 1 aromatic carbocycles. The van der Waals surface area contributed by atoms with E-state index in [1.54, 1.807) is 7.11 Å². The largest absolute Gasteiger partial charge is 0.454 e. The second-order valence-electron chi connectivity index (χ2n) is 7.04. The summed E-state index contributed by atoms with van der Waals surface area (Å²) in [7, 11) is 1.76. The molecule has 3 aliphatic rings. The van der Waals surface area contributed by atoms with Gasteiger partial charge in [0.05, 0.1) is 11.5 Å². The topological polar surface area (TPSA) is 44.8 Å². The van der Waals surface area contributed by atoms with E-state index >= 15 is 0 Å². The highest BCUT2D eigenvalue weighted by Gasteiger charge is 2.51. The van der Waals surface area contributed by atoms with Gasteiger partial charge in [-0.05, 0) is 55.7 Å². The number of hydrogen-bond donors (Lipinski definition) is 0. The fourth-order valence-corrected chi connectivity index (χ4v) is 4.78. The molecule has 1 aliphatic heterocycles. The maximum Gasteiger partial charge on any atom is 0.231 e. The molecule has 4 nitrogen and oxygen atoms in total. The number of rotatable bonds is 2. The van der Waals surface area contributed by atoms with Gasteiger partial charge in [-0.1, -0.05) is 12.5 Å². The Hall–Kier alpha value is -1.55. The van der Waals surface area contributed by atoms with Crippen molar-refractivity contribution >= 4 is 5.78 Å².